The molecule has 5 nitrogen and oxygen atoms in total. The highest BCUT2D eigenvalue weighted by Crippen LogP contribution is 2.23. The van der Waals surface area contributed by atoms with Gasteiger partial charge in [-0.25, -0.2) is 9.67 Å². The van der Waals surface area contributed by atoms with Gasteiger partial charge in [-0.2, -0.15) is 5.10 Å². The van der Waals surface area contributed by atoms with E-state index in [-0.39, 0.29) is 0 Å². The van der Waals surface area contributed by atoms with Gasteiger partial charge in [0.1, 0.15) is 5.82 Å². The van der Waals surface area contributed by atoms with E-state index < -0.39 is 5.60 Å². The average molecular weight is 248 g/mol. The van der Waals surface area contributed by atoms with Crippen LogP contribution in [-0.2, 0) is 13.6 Å². The van der Waals surface area contributed by atoms with Gasteiger partial charge in [0.05, 0.1) is 12.1 Å². The lowest BCUT2D eigenvalue weighted by Gasteiger charge is -2.18. The highest BCUT2D eigenvalue weighted by Gasteiger charge is 2.20. The Balaban J connectivity index is 2.48. The minimum absolute atomic E-state index is 0.428. The van der Waals surface area contributed by atoms with E-state index in [0.29, 0.717) is 6.54 Å². The third-order valence-corrected chi connectivity index (χ3v) is 2.94. The summed E-state index contributed by atoms with van der Waals surface area (Å²) >= 11 is 0. The van der Waals surface area contributed by atoms with E-state index in [2.05, 4.69) is 10.1 Å². The second-order valence-corrected chi connectivity index (χ2v) is 5.38. The van der Waals surface area contributed by atoms with Gasteiger partial charge in [-0.3, -0.25) is 0 Å². The van der Waals surface area contributed by atoms with Gasteiger partial charge >= 0.3 is 0 Å². The first kappa shape index (κ1) is 12.8. The largest absolute Gasteiger partial charge is 0.389 e. The number of aryl methyl sites for hydroxylation is 2. The molecular weight excluding hydrogens is 228 g/mol. The minimum atomic E-state index is -0.808. The molecule has 18 heavy (non-hydrogen) atoms. The summed E-state index contributed by atoms with van der Waals surface area (Å²) in [5.41, 5.74) is 1.39. The van der Waals surface area contributed by atoms with Gasteiger partial charge in [0.15, 0.2) is 5.82 Å². The number of hydrogen-bond acceptors (Lipinski definition) is 3. The lowest BCUT2D eigenvalue weighted by Crippen LogP contribution is -2.27. The van der Waals surface area contributed by atoms with Crippen LogP contribution in [0.2, 0.25) is 0 Å². The van der Waals surface area contributed by atoms with Crippen LogP contribution in [0, 0.1) is 13.8 Å². The van der Waals surface area contributed by atoms with Crippen molar-refractivity contribution in [3.8, 4) is 11.4 Å². The summed E-state index contributed by atoms with van der Waals surface area (Å²) in [6, 6.07) is 2.03. The van der Waals surface area contributed by atoms with Crippen molar-refractivity contribution in [1.29, 1.82) is 0 Å². The Morgan fingerprint density at radius 1 is 1.33 bits per heavy atom. The molecular formula is C13H20N4O. The van der Waals surface area contributed by atoms with Gasteiger partial charge in [-0.1, -0.05) is 0 Å². The maximum Gasteiger partial charge on any atom is 0.160 e. The zero-order valence-electron chi connectivity index (χ0n) is 11.6. The van der Waals surface area contributed by atoms with E-state index in [1.807, 2.05) is 37.7 Å². The van der Waals surface area contributed by atoms with Gasteiger partial charge in [-0.05, 0) is 33.8 Å². The Morgan fingerprint density at radius 3 is 2.50 bits per heavy atom. The maximum atomic E-state index is 9.93. The van der Waals surface area contributed by atoms with E-state index in [9.17, 15) is 5.11 Å². The fourth-order valence-electron chi connectivity index (χ4n) is 1.98. The summed E-state index contributed by atoms with van der Waals surface area (Å²) < 4.78 is 3.82. The van der Waals surface area contributed by atoms with Crippen LogP contribution in [0.4, 0.5) is 0 Å². The van der Waals surface area contributed by atoms with E-state index >= 15 is 0 Å². The van der Waals surface area contributed by atoms with E-state index in [4.69, 9.17) is 0 Å². The normalized spacial score (nSPS) is 12.1. The molecule has 0 saturated carbocycles. The molecule has 0 atom stereocenters. The van der Waals surface area contributed by atoms with Gasteiger partial charge < -0.3 is 9.67 Å². The van der Waals surface area contributed by atoms with Crippen molar-refractivity contribution < 1.29 is 5.11 Å². The molecule has 0 radical (unpaired) electrons. The van der Waals surface area contributed by atoms with E-state index in [1.54, 1.807) is 18.5 Å². The monoisotopic (exact) mass is 248 g/mol. The van der Waals surface area contributed by atoms with E-state index in [1.165, 1.54) is 0 Å². The fourth-order valence-corrected chi connectivity index (χ4v) is 1.98. The van der Waals surface area contributed by atoms with Crippen LogP contribution in [0.15, 0.2) is 12.3 Å². The van der Waals surface area contributed by atoms with Crippen molar-refractivity contribution >= 4 is 0 Å². The third-order valence-electron chi connectivity index (χ3n) is 2.94. The first-order chi connectivity index (χ1) is 8.28. The standard InChI is InChI=1S/C13H20N4O/c1-9-11(6-7-16(9)5)12-14-10(2)15-17(12)8-13(3,4)18/h6-7,18H,8H2,1-5H3. The second-order valence-electron chi connectivity index (χ2n) is 5.38. The molecule has 0 spiro atoms. The number of hydrogen-bond donors (Lipinski definition) is 1. The molecule has 0 unspecified atom stereocenters. The predicted octanol–water partition coefficient (Wildman–Crippen LogP) is 1.67. The molecule has 5 heteroatoms. The average Bonchev–Trinajstić information content (AvgIpc) is 2.70. The second kappa shape index (κ2) is 4.24. The molecule has 0 amide bonds. The summed E-state index contributed by atoms with van der Waals surface area (Å²) in [6.45, 7) is 7.88. The van der Waals surface area contributed by atoms with Gasteiger partial charge in [-0.15, -0.1) is 0 Å². The van der Waals surface area contributed by atoms with Gasteiger partial charge in [0.25, 0.3) is 0 Å². The molecule has 0 aliphatic heterocycles. The number of aromatic nitrogens is 4. The van der Waals surface area contributed by atoms with Crippen molar-refractivity contribution in [3.05, 3.63) is 23.8 Å². The topological polar surface area (TPSA) is 55.9 Å². The van der Waals surface area contributed by atoms with Gasteiger partial charge in [0, 0.05) is 24.5 Å². The molecule has 0 aliphatic carbocycles. The van der Waals surface area contributed by atoms with Crippen LogP contribution >= 0.6 is 0 Å². The molecule has 98 valence electrons. The Morgan fingerprint density at radius 2 is 2.00 bits per heavy atom. The number of nitrogens with zero attached hydrogens (tertiary/aromatic N) is 4. The molecule has 2 aromatic heterocycles. The van der Waals surface area contributed by atoms with Crippen molar-refractivity contribution in [2.45, 2.75) is 39.8 Å². The third kappa shape index (κ3) is 2.46. The highest BCUT2D eigenvalue weighted by atomic mass is 16.3. The molecule has 0 aromatic carbocycles. The lowest BCUT2D eigenvalue weighted by molar-refractivity contribution is 0.0581. The number of rotatable bonds is 3. The first-order valence-electron chi connectivity index (χ1n) is 6.04. The summed E-state index contributed by atoms with van der Waals surface area (Å²) in [7, 11) is 2.00. The van der Waals surface area contributed by atoms with Crippen LogP contribution in [0.1, 0.15) is 25.4 Å². The molecule has 0 aliphatic rings. The van der Waals surface area contributed by atoms with Crippen molar-refractivity contribution in [2.75, 3.05) is 0 Å². The van der Waals surface area contributed by atoms with Crippen molar-refractivity contribution in [3.63, 3.8) is 0 Å². The summed E-state index contributed by atoms with van der Waals surface area (Å²) in [6.07, 6.45) is 2.00. The molecule has 1 N–H and O–H groups in total. The van der Waals surface area contributed by atoms with Crippen LogP contribution in [0.25, 0.3) is 11.4 Å². The van der Waals surface area contributed by atoms with Crippen molar-refractivity contribution in [2.24, 2.45) is 7.05 Å². The zero-order valence-corrected chi connectivity index (χ0v) is 11.6. The molecule has 2 rings (SSSR count). The zero-order chi connectivity index (χ0) is 13.5. The van der Waals surface area contributed by atoms with Crippen LogP contribution in [-0.4, -0.2) is 30.0 Å². The lowest BCUT2D eigenvalue weighted by atomic mass is 10.1. The Labute approximate surface area is 107 Å². The predicted molar refractivity (Wildman–Crippen MR) is 70.2 cm³/mol. The smallest absolute Gasteiger partial charge is 0.160 e. The highest BCUT2D eigenvalue weighted by molar-refractivity contribution is 5.58. The fraction of sp³-hybridized carbons (Fsp3) is 0.538. The van der Waals surface area contributed by atoms with Crippen LogP contribution in [0.3, 0.4) is 0 Å². The summed E-state index contributed by atoms with van der Waals surface area (Å²) in [5, 5.41) is 14.3. The molecule has 0 saturated heterocycles. The summed E-state index contributed by atoms with van der Waals surface area (Å²) in [5.74, 6) is 1.53. The summed E-state index contributed by atoms with van der Waals surface area (Å²) in [4.78, 5) is 4.47. The van der Waals surface area contributed by atoms with E-state index in [0.717, 1.165) is 22.9 Å². The van der Waals surface area contributed by atoms with Crippen LogP contribution in [0.5, 0.6) is 0 Å². The Kier molecular flexibility index (Phi) is 3.02. The molecule has 2 heterocycles. The Bertz CT molecular complexity index is 560. The van der Waals surface area contributed by atoms with Crippen LogP contribution < -0.4 is 0 Å². The minimum Gasteiger partial charge on any atom is -0.389 e. The number of aliphatic hydroxyl groups is 1. The molecule has 0 fully saturated rings. The molecule has 0 bridgehead atoms. The first-order valence-corrected chi connectivity index (χ1v) is 6.04. The van der Waals surface area contributed by atoms with Gasteiger partial charge in [0.2, 0.25) is 0 Å². The SMILES string of the molecule is Cc1nc(-c2ccn(C)c2C)n(CC(C)(C)O)n1. The maximum absolute atomic E-state index is 9.93. The Hall–Kier alpha value is -1.62. The van der Waals surface area contributed by atoms with Crippen molar-refractivity contribution in [1.82, 2.24) is 19.3 Å². The molecule has 2 aromatic rings. The quantitative estimate of drug-likeness (QED) is 0.899.